The zero-order chi connectivity index (χ0) is 12.0. The molecule has 0 aromatic heterocycles. The zero-order valence-electron chi connectivity index (χ0n) is 8.80. The Balaban J connectivity index is 2.27. The number of rotatable bonds is 6. The molecule has 1 aromatic carbocycles. The van der Waals surface area contributed by atoms with Crippen LogP contribution in [-0.4, -0.2) is 11.6 Å². The van der Waals surface area contributed by atoms with Gasteiger partial charge >= 0.3 is 0 Å². The van der Waals surface area contributed by atoms with Crippen molar-refractivity contribution in [2.75, 3.05) is 5.75 Å². The third-order valence-corrected chi connectivity index (χ3v) is 3.08. The Labute approximate surface area is 97.7 Å². The molecule has 0 unspecified atom stereocenters. The molecule has 16 heavy (non-hydrogen) atoms. The van der Waals surface area contributed by atoms with Crippen LogP contribution in [0.1, 0.15) is 19.3 Å². The highest BCUT2D eigenvalue weighted by atomic mass is 32.2. The zero-order valence-corrected chi connectivity index (χ0v) is 9.62. The lowest BCUT2D eigenvalue weighted by atomic mass is 10.2. The van der Waals surface area contributed by atoms with E-state index in [1.807, 2.05) is 0 Å². The second kappa shape index (κ2) is 6.48. The molecule has 1 aromatic rings. The van der Waals surface area contributed by atoms with Crippen molar-refractivity contribution in [2.45, 2.75) is 24.2 Å². The summed E-state index contributed by atoms with van der Waals surface area (Å²) in [6.45, 7) is 0. The molecule has 0 atom stereocenters. The van der Waals surface area contributed by atoms with Crippen molar-refractivity contribution in [3.63, 3.8) is 0 Å². The maximum absolute atomic E-state index is 12.8. The summed E-state index contributed by atoms with van der Waals surface area (Å²) in [5.41, 5.74) is 5.21. The minimum absolute atomic E-state index is 0.192. The van der Waals surface area contributed by atoms with Crippen LogP contribution in [0.5, 0.6) is 0 Å². The van der Waals surface area contributed by atoms with E-state index in [4.69, 9.17) is 11.1 Å². The molecule has 0 heterocycles. The second-order valence-electron chi connectivity index (χ2n) is 3.41. The number of thioether (sulfide) groups is 1. The highest BCUT2D eigenvalue weighted by molar-refractivity contribution is 7.99. The van der Waals surface area contributed by atoms with Gasteiger partial charge in [0.05, 0.1) is 5.84 Å². The van der Waals surface area contributed by atoms with E-state index in [9.17, 15) is 8.78 Å². The summed E-state index contributed by atoms with van der Waals surface area (Å²) < 4.78 is 25.4. The molecule has 0 bridgehead atoms. The Bertz CT molecular complexity index is 369. The first kappa shape index (κ1) is 13.0. The number of nitrogens with one attached hydrogen (secondary N) is 1. The van der Waals surface area contributed by atoms with E-state index >= 15 is 0 Å². The van der Waals surface area contributed by atoms with E-state index in [1.54, 1.807) is 6.07 Å². The van der Waals surface area contributed by atoms with Gasteiger partial charge in [-0.25, -0.2) is 8.78 Å². The number of unbranched alkanes of at least 4 members (excludes halogenated alkanes) is 1. The molecule has 3 N–H and O–H groups in total. The third-order valence-electron chi connectivity index (χ3n) is 2.00. The van der Waals surface area contributed by atoms with Crippen LogP contribution in [-0.2, 0) is 0 Å². The fourth-order valence-electron chi connectivity index (χ4n) is 1.17. The highest BCUT2D eigenvalue weighted by Crippen LogP contribution is 2.21. The van der Waals surface area contributed by atoms with Crippen molar-refractivity contribution >= 4 is 17.6 Å². The quantitative estimate of drug-likeness (QED) is 0.349. The molecule has 2 nitrogen and oxygen atoms in total. The number of hydrogen-bond acceptors (Lipinski definition) is 2. The van der Waals surface area contributed by atoms with Gasteiger partial charge in [-0.1, -0.05) is 0 Å². The van der Waals surface area contributed by atoms with E-state index in [1.165, 1.54) is 17.8 Å². The van der Waals surface area contributed by atoms with Crippen LogP contribution in [0.4, 0.5) is 8.78 Å². The first-order valence-electron chi connectivity index (χ1n) is 5.00. The van der Waals surface area contributed by atoms with Crippen LogP contribution < -0.4 is 5.73 Å². The van der Waals surface area contributed by atoms with Gasteiger partial charge in [-0.15, -0.1) is 11.8 Å². The topological polar surface area (TPSA) is 49.9 Å². The number of halogens is 2. The van der Waals surface area contributed by atoms with E-state index in [2.05, 4.69) is 0 Å². The SMILES string of the molecule is N=C(N)CCCCSc1ccc(F)c(F)c1. The largest absolute Gasteiger partial charge is 0.388 e. The number of hydrogen-bond donors (Lipinski definition) is 2. The fourth-order valence-corrected chi connectivity index (χ4v) is 2.11. The maximum atomic E-state index is 12.8. The predicted molar refractivity (Wildman–Crippen MR) is 62.8 cm³/mol. The van der Waals surface area contributed by atoms with E-state index in [-0.39, 0.29) is 5.84 Å². The van der Waals surface area contributed by atoms with Crippen LogP contribution in [0, 0.1) is 17.0 Å². The van der Waals surface area contributed by atoms with E-state index < -0.39 is 11.6 Å². The Morgan fingerprint density at radius 3 is 2.62 bits per heavy atom. The molecule has 0 radical (unpaired) electrons. The smallest absolute Gasteiger partial charge is 0.159 e. The molecule has 5 heteroatoms. The first-order valence-corrected chi connectivity index (χ1v) is 5.99. The maximum Gasteiger partial charge on any atom is 0.159 e. The summed E-state index contributed by atoms with van der Waals surface area (Å²) in [5.74, 6) is -0.620. The fraction of sp³-hybridized carbons (Fsp3) is 0.364. The van der Waals surface area contributed by atoms with Crippen LogP contribution in [0.3, 0.4) is 0 Å². The van der Waals surface area contributed by atoms with Gasteiger partial charge in [0.25, 0.3) is 0 Å². The van der Waals surface area contributed by atoms with Gasteiger partial charge in [0, 0.05) is 11.3 Å². The normalized spacial score (nSPS) is 10.4. The van der Waals surface area contributed by atoms with Crippen molar-refractivity contribution in [3.8, 4) is 0 Å². The van der Waals surface area contributed by atoms with E-state index in [0.29, 0.717) is 6.42 Å². The molecule has 0 aliphatic heterocycles. The van der Waals surface area contributed by atoms with Gasteiger partial charge in [-0.2, -0.15) is 0 Å². The number of amidine groups is 1. The van der Waals surface area contributed by atoms with Crippen molar-refractivity contribution in [2.24, 2.45) is 5.73 Å². The van der Waals surface area contributed by atoms with Gasteiger partial charge in [-0.05, 0) is 36.8 Å². The van der Waals surface area contributed by atoms with Crippen LogP contribution >= 0.6 is 11.8 Å². The van der Waals surface area contributed by atoms with E-state index in [0.717, 1.165) is 29.6 Å². The third kappa shape index (κ3) is 4.61. The predicted octanol–water partition coefficient (Wildman–Crippen LogP) is 3.16. The first-order chi connectivity index (χ1) is 7.59. The summed E-state index contributed by atoms with van der Waals surface area (Å²) in [6, 6.07) is 3.90. The lowest BCUT2D eigenvalue weighted by Crippen LogP contribution is -2.08. The molecule has 88 valence electrons. The number of benzene rings is 1. The van der Waals surface area contributed by atoms with Crippen LogP contribution in [0.15, 0.2) is 23.1 Å². The van der Waals surface area contributed by atoms with Crippen molar-refractivity contribution in [3.05, 3.63) is 29.8 Å². The Hall–Kier alpha value is -1.10. The molecule has 1 rings (SSSR count). The number of nitrogens with two attached hydrogens (primary N) is 1. The Morgan fingerprint density at radius 2 is 2.00 bits per heavy atom. The molecule has 0 fully saturated rings. The van der Waals surface area contributed by atoms with Gasteiger partial charge in [0.2, 0.25) is 0 Å². The molecule has 0 saturated heterocycles. The minimum atomic E-state index is -0.819. The summed E-state index contributed by atoms with van der Waals surface area (Å²) in [7, 11) is 0. The molecule has 0 saturated carbocycles. The standard InChI is InChI=1S/C11H14F2N2S/c12-9-5-4-8(7-10(9)13)16-6-2-1-3-11(14)15/h4-5,7H,1-3,6H2,(H3,14,15). The van der Waals surface area contributed by atoms with Gasteiger partial charge in [0.1, 0.15) is 0 Å². The Morgan fingerprint density at radius 1 is 1.25 bits per heavy atom. The Kier molecular flexibility index (Phi) is 5.25. The van der Waals surface area contributed by atoms with Gasteiger partial charge in [-0.3, -0.25) is 5.41 Å². The molecular formula is C11H14F2N2S. The molecule has 0 spiro atoms. The summed E-state index contributed by atoms with van der Waals surface area (Å²) in [4.78, 5) is 0.724. The molecule has 0 aliphatic carbocycles. The van der Waals surface area contributed by atoms with Crippen LogP contribution in [0.25, 0.3) is 0 Å². The van der Waals surface area contributed by atoms with Crippen LogP contribution in [0.2, 0.25) is 0 Å². The van der Waals surface area contributed by atoms with Crippen molar-refractivity contribution < 1.29 is 8.78 Å². The van der Waals surface area contributed by atoms with Gasteiger partial charge in [0.15, 0.2) is 11.6 Å². The lowest BCUT2D eigenvalue weighted by Gasteiger charge is -2.02. The molecule has 0 aliphatic rings. The summed E-state index contributed by atoms with van der Waals surface area (Å²) in [6.07, 6.45) is 2.35. The minimum Gasteiger partial charge on any atom is -0.388 e. The highest BCUT2D eigenvalue weighted by Gasteiger charge is 2.02. The average molecular weight is 244 g/mol. The van der Waals surface area contributed by atoms with Gasteiger partial charge < -0.3 is 5.73 Å². The molecular weight excluding hydrogens is 230 g/mol. The monoisotopic (exact) mass is 244 g/mol. The lowest BCUT2D eigenvalue weighted by molar-refractivity contribution is 0.506. The second-order valence-corrected chi connectivity index (χ2v) is 4.58. The van der Waals surface area contributed by atoms with Crippen molar-refractivity contribution in [1.82, 2.24) is 0 Å². The summed E-state index contributed by atoms with van der Waals surface area (Å²) in [5, 5.41) is 7.03. The van der Waals surface area contributed by atoms with Crippen molar-refractivity contribution in [1.29, 1.82) is 5.41 Å². The average Bonchev–Trinajstić information content (AvgIpc) is 2.22. The molecule has 0 amide bonds. The summed E-state index contributed by atoms with van der Waals surface area (Å²) >= 11 is 1.48.